The third-order valence-corrected chi connectivity index (χ3v) is 6.08. The molecule has 0 saturated carbocycles. The van der Waals surface area contributed by atoms with Gasteiger partial charge in [-0.15, -0.1) is 0 Å². The molecule has 0 aliphatic carbocycles. The van der Waals surface area contributed by atoms with E-state index in [2.05, 4.69) is 45.9 Å². The van der Waals surface area contributed by atoms with Crippen molar-refractivity contribution in [2.24, 2.45) is 7.05 Å². The Morgan fingerprint density at radius 1 is 1.16 bits per heavy atom. The first-order valence-electron chi connectivity index (χ1n) is 10.6. The summed E-state index contributed by atoms with van der Waals surface area (Å²) in [5.74, 6) is 1.14. The first-order valence-corrected chi connectivity index (χ1v) is 11.3. The number of anilines is 1. The summed E-state index contributed by atoms with van der Waals surface area (Å²) in [4.78, 5) is 13.2. The number of halogens is 2. The van der Waals surface area contributed by atoms with Gasteiger partial charge in [-0.05, 0) is 43.0 Å². The van der Waals surface area contributed by atoms with Gasteiger partial charge in [0.05, 0.1) is 30.1 Å². The van der Waals surface area contributed by atoms with Crippen LogP contribution in [0.5, 0.6) is 0 Å². The first-order chi connectivity index (χ1) is 15.3. The van der Waals surface area contributed by atoms with E-state index in [1.807, 2.05) is 18.7 Å². The molecule has 0 spiro atoms. The fourth-order valence-electron chi connectivity index (χ4n) is 4.34. The lowest BCUT2D eigenvalue weighted by Gasteiger charge is -2.40. The van der Waals surface area contributed by atoms with Crippen molar-refractivity contribution in [2.45, 2.75) is 39.7 Å². The summed E-state index contributed by atoms with van der Waals surface area (Å²) in [6.45, 7) is 8.55. The number of hydrogen-bond donors (Lipinski definition) is 0. The first kappa shape index (κ1) is 22.4. The van der Waals surface area contributed by atoms with Crippen LogP contribution in [0.25, 0.3) is 11.0 Å². The highest BCUT2D eigenvalue weighted by molar-refractivity contribution is 6.32. The van der Waals surface area contributed by atoms with Crippen molar-refractivity contribution >= 4 is 39.9 Å². The summed E-state index contributed by atoms with van der Waals surface area (Å²) in [6, 6.07) is 7.90. The van der Waals surface area contributed by atoms with Crippen molar-refractivity contribution in [2.75, 3.05) is 18.0 Å². The number of allylic oxidation sites excluding steroid dienone is 1. The van der Waals surface area contributed by atoms with E-state index >= 15 is 0 Å². The minimum Gasteiger partial charge on any atom is -0.351 e. The molecule has 0 N–H and O–H groups in total. The topological polar surface area (TPSA) is 73.9 Å². The molecule has 4 rings (SSSR count). The maximum absolute atomic E-state index is 9.50. The Kier molecular flexibility index (Phi) is 6.27. The van der Waals surface area contributed by atoms with E-state index in [9.17, 15) is 5.26 Å². The monoisotopic (exact) mass is 469 g/mol. The van der Waals surface area contributed by atoms with Crippen LogP contribution in [0.2, 0.25) is 10.3 Å². The molecule has 0 radical (unpaired) electrons. The van der Waals surface area contributed by atoms with Gasteiger partial charge in [-0.1, -0.05) is 37.0 Å². The number of nitriles is 1. The zero-order valence-electron chi connectivity index (χ0n) is 18.6. The molecule has 3 aromatic heterocycles. The van der Waals surface area contributed by atoms with E-state index in [4.69, 9.17) is 28.2 Å². The quantitative estimate of drug-likeness (QED) is 0.387. The van der Waals surface area contributed by atoms with Crippen LogP contribution in [0.4, 0.5) is 5.69 Å². The van der Waals surface area contributed by atoms with Gasteiger partial charge < -0.3 is 9.80 Å². The number of pyridine rings is 2. The predicted molar refractivity (Wildman–Crippen MR) is 128 cm³/mol. The normalized spacial score (nSPS) is 15.8. The minimum absolute atomic E-state index is 0.321. The third kappa shape index (κ3) is 4.25. The van der Waals surface area contributed by atoms with Gasteiger partial charge in [-0.2, -0.15) is 10.4 Å². The van der Waals surface area contributed by atoms with E-state index in [-0.39, 0.29) is 0 Å². The summed E-state index contributed by atoms with van der Waals surface area (Å²) < 4.78 is 1.84. The average molecular weight is 470 g/mol. The van der Waals surface area contributed by atoms with Crippen molar-refractivity contribution in [3.8, 4) is 6.07 Å². The molecule has 32 heavy (non-hydrogen) atoms. The Balaban J connectivity index is 1.73. The Morgan fingerprint density at radius 3 is 2.53 bits per heavy atom. The highest BCUT2D eigenvalue weighted by atomic mass is 35.5. The van der Waals surface area contributed by atoms with Crippen molar-refractivity contribution in [1.82, 2.24) is 24.6 Å². The number of aryl methyl sites for hydroxylation is 2. The van der Waals surface area contributed by atoms with Crippen LogP contribution >= 0.6 is 23.2 Å². The molecule has 0 atom stereocenters. The molecule has 1 aliphatic heterocycles. The van der Waals surface area contributed by atoms with Crippen LogP contribution < -0.4 is 4.90 Å². The van der Waals surface area contributed by atoms with Gasteiger partial charge in [0, 0.05) is 31.2 Å². The maximum Gasteiger partial charge on any atom is 0.158 e. The Hall–Kier alpha value is -2.82. The highest BCUT2D eigenvalue weighted by Gasteiger charge is 2.25. The van der Waals surface area contributed by atoms with Gasteiger partial charge >= 0.3 is 0 Å². The fourth-order valence-corrected chi connectivity index (χ4v) is 4.79. The smallest absolute Gasteiger partial charge is 0.158 e. The van der Waals surface area contributed by atoms with E-state index < -0.39 is 0 Å². The molecule has 9 heteroatoms. The highest BCUT2D eigenvalue weighted by Crippen LogP contribution is 2.32. The lowest BCUT2D eigenvalue weighted by molar-refractivity contribution is 0.292. The molecule has 4 heterocycles. The van der Waals surface area contributed by atoms with Crippen LogP contribution in [-0.2, 0) is 13.6 Å². The zero-order valence-corrected chi connectivity index (χ0v) is 20.1. The standard InChI is InChI=1S/C23H25Cl2N7/c1-14(2)18-10-16(27-23-22(18)15(3)29-30(23)4)13-31-8-5-9-32(21(31)6-7-26)17-11-19(24)28-20(25)12-17/h6,10-12,14H,5,8-9,13H2,1-4H3/b21-6-. The number of aromatic nitrogens is 4. The van der Waals surface area contributed by atoms with Crippen LogP contribution in [0, 0.1) is 18.3 Å². The van der Waals surface area contributed by atoms with Gasteiger partial charge in [-0.3, -0.25) is 4.68 Å². The predicted octanol–water partition coefficient (Wildman–Crippen LogP) is 5.18. The van der Waals surface area contributed by atoms with Crippen LogP contribution in [0.3, 0.4) is 0 Å². The number of rotatable bonds is 4. The SMILES string of the molecule is Cc1nn(C)c2nc(CN3CCCN(c4cc(Cl)nc(Cl)c4)/C3=C\C#N)cc(C(C)C)c12. The van der Waals surface area contributed by atoms with Gasteiger partial charge in [-0.25, -0.2) is 9.97 Å². The maximum atomic E-state index is 9.50. The second-order valence-electron chi connectivity index (χ2n) is 8.29. The number of hydrogen-bond acceptors (Lipinski definition) is 6. The summed E-state index contributed by atoms with van der Waals surface area (Å²) >= 11 is 12.3. The summed E-state index contributed by atoms with van der Waals surface area (Å²) in [7, 11) is 1.93. The van der Waals surface area contributed by atoms with Crippen molar-refractivity contribution < 1.29 is 0 Å². The molecule has 3 aromatic rings. The second-order valence-corrected chi connectivity index (χ2v) is 9.07. The summed E-state index contributed by atoms with van der Waals surface area (Å²) in [5, 5.41) is 15.8. The van der Waals surface area contributed by atoms with Gasteiger partial charge in [0.25, 0.3) is 0 Å². The molecular weight excluding hydrogens is 445 g/mol. The van der Waals surface area contributed by atoms with Gasteiger partial charge in [0.15, 0.2) is 5.65 Å². The number of fused-ring (bicyclic) bond motifs is 1. The lowest BCUT2D eigenvalue weighted by Crippen LogP contribution is -2.42. The molecule has 166 valence electrons. The molecule has 0 unspecified atom stereocenters. The summed E-state index contributed by atoms with van der Waals surface area (Å²) in [6.07, 6.45) is 2.49. The molecule has 1 fully saturated rings. The van der Waals surface area contributed by atoms with Crippen molar-refractivity contribution in [1.29, 1.82) is 5.26 Å². The summed E-state index contributed by atoms with van der Waals surface area (Å²) in [5.41, 5.74) is 4.88. The Bertz CT molecular complexity index is 1220. The van der Waals surface area contributed by atoms with Crippen LogP contribution in [0.1, 0.15) is 43.1 Å². The molecule has 7 nitrogen and oxygen atoms in total. The van der Waals surface area contributed by atoms with E-state index in [0.717, 1.165) is 53.4 Å². The largest absolute Gasteiger partial charge is 0.351 e. The third-order valence-electron chi connectivity index (χ3n) is 5.69. The number of nitrogens with zero attached hydrogens (tertiary/aromatic N) is 7. The molecule has 1 saturated heterocycles. The molecular formula is C23H25Cl2N7. The zero-order chi connectivity index (χ0) is 23.0. The fraction of sp³-hybridized carbons (Fsp3) is 0.391. The molecule has 0 aromatic carbocycles. The van der Waals surface area contributed by atoms with Gasteiger partial charge in [0.2, 0.25) is 0 Å². The molecule has 1 aliphatic rings. The Labute approximate surface area is 197 Å². The van der Waals surface area contributed by atoms with E-state index in [1.54, 1.807) is 18.2 Å². The van der Waals surface area contributed by atoms with Crippen LogP contribution in [0.15, 0.2) is 30.1 Å². The molecule has 0 bridgehead atoms. The average Bonchev–Trinajstić information content (AvgIpc) is 3.01. The minimum atomic E-state index is 0.321. The second kappa shape index (κ2) is 8.97. The van der Waals surface area contributed by atoms with Crippen molar-refractivity contribution in [3.05, 3.63) is 57.4 Å². The molecule has 0 amide bonds. The van der Waals surface area contributed by atoms with E-state index in [0.29, 0.717) is 22.8 Å². The van der Waals surface area contributed by atoms with Crippen molar-refractivity contribution in [3.63, 3.8) is 0 Å². The van der Waals surface area contributed by atoms with Crippen LogP contribution in [-0.4, -0.2) is 37.7 Å². The van der Waals surface area contributed by atoms with E-state index in [1.165, 1.54) is 5.56 Å². The Morgan fingerprint density at radius 2 is 1.88 bits per heavy atom. The van der Waals surface area contributed by atoms with Gasteiger partial charge in [0.1, 0.15) is 16.1 Å². The lowest BCUT2D eigenvalue weighted by atomic mass is 9.98.